The van der Waals surface area contributed by atoms with E-state index in [2.05, 4.69) is 15.3 Å². The lowest BCUT2D eigenvalue weighted by atomic mass is 9.93. The molecule has 29 heavy (non-hydrogen) atoms. The molecule has 2 aliphatic rings. The number of nitrogens with one attached hydrogen (secondary N) is 1. The number of halogens is 2. The summed E-state index contributed by atoms with van der Waals surface area (Å²) in [5.41, 5.74) is 7.46. The van der Waals surface area contributed by atoms with Crippen molar-refractivity contribution in [1.82, 2.24) is 5.32 Å². The maximum Gasteiger partial charge on any atom is 0.414 e. The Morgan fingerprint density at radius 3 is 2.79 bits per heavy atom. The molecule has 11 heteroatoms. The molecule has 1 N–H and O–H groups in total. The minimum atomic E-state index is -1.57. The fraction of sp³-hybridized carbons (Fsp3) is 0.556. The summed E-state index contributed by atoms with van der Waals surface area (Å²) in [5.74, 6) is -0.754. The molecule has 2 heterocycles. The topological polar surface area (TPSA) is 111 Å². The molecule has 0 saturated carbocycles. The summed E-state index contributed by atoms with van der Waals surface area (Å²) in [6.45, 7) is 2.11. The van der Waals surface area contributed by atoms with Gasteiger partial charge in [0.2, 0.25) is 5.91 Å². The maximum absolute atomic E-state index is 14.7. The van der Waals surface area contributed by atoms with Crippen LogP contribution in [0.1, 0.15) is 19.8 Å². The van der Waals surface area contributed by atoms with Gasteiger partial charge >= 0.3 is 6.09 Å². The van der Waals surface area contributed by atoms with Crippen molar-refractivity contribution in [2.24, 2.45) is 5.11 Å². The van der Waals surface area contributed by atoms with Crippen LogP contribution < -0.4 is 15.1 Å². The van der Waals surface area contributed by atoms with Crippen LogP contribution in [-0.4, -0.2) is 56.5 Å². The number of benzene rings is 1. The first kappa shape index (κ1) is 20.7. The van der Waals surface area contributed by atoms with E-state index in [0.29, 0.717) is 11.4 Å². The Morgan fingerprint density at radius 2 is 2.17 bits per heavy atom. The van der Waals surface area contributed by atoms with Gasteiger partial charge in [0, 0.05) is 24.9 Å². The number of nitrogens with zero attached hydrogens (tertiary/aromatic N) is 5. The molecule has 0 spiro atoms. The second-order valence-corrected chi connectivity index (χ2v) is 7.22. The Balaban J connectivity index is 1.64. The second kappa shape index (κ2) is 8.52. The molecule has 2 saturated heterocycles. The predicted octanol–water partition coefficient (Wildman–Crippen LogP) is 2.91. The fourth-order valence-electron chi connectivity index (χ4n) is 3.48. The lowest BCUT2D eigenvalue weighted by Gasteiger charge is -2.37. The Bertz CT molecular complexity index is 837. The third-order valence-corrected chi connectivity index (χ3v) is 5.11. The van der Waals surface area contributed by atoms with Crippen LogP contribution in [0.5, 0.6) is 0 Å². The molecular weight excluding hydrogens is 386 g/mol. The van der Waals surface area contributed by atoms with Crippen molar-refractivity contribution in [3.05, 3.63) is 34.5 Å². The largest absolute Gasteiger partial charge is 0.442 e. The molecule has 1 unspecified atom stereocenters. The molecule has 9 nitrogen and oxygen atoms in total. The number of amides is 2. The third-order valence-electron chi connectivity index (χ3n) is 5.11. The second-order valence-electron chi connectivity index (χ2n) is 7.22. The van der Waals surface area contributed by atoms with Crippen LogP contribution in [0.2, 0.25) is 0 Å². The SMILES string of the molecule is CC(=O)NCC1CN(c2ccc(N3CCC(F)(CN=[N+]=[N-])CC3)c(F)c2)C(=O)O1. The Morgan fingerprint density at radius 1 is 1.45 bits per heavy atom. The van der Waals surface area contributed by atoms with Gasteiger partial charge in [-0.15, -0.1) is 0 Å². The minimum absolute atomic E-state index is 0.135. The zero-order chi connectivity index (χ0) is 21.0. The van der Waals surface area contributed by atoms with Gasteiger partial charge < -0.3 is 15.0 Å². The van der Waals surface area contributed by atoms with Crippen molar-refractivity contribution >= 4 is 23.4 Å². The number of piperidine rings is 1. The van der Waals surface area contributed by atoms with E-state index in [4.69, 9.17) is 10.3 Å². The number of hydrogen-bond acceptors (Lipinski definition) is 5. The predicted molar refractivity (Wildman–Crippen MR) is 102 cm³/mol. The molecular formula is C18H22F2N6O3. The lowest BCUT2D eigenvalue weighted by molar-refractivity contribution is -0.119. The number of azide groups is 1. The average molecular weight is 408 g/mol. The number of ether oxygens (including phenoxy) is 1. The van der Waals surface area contributed by atoms with Crippen molar-refractivity contribution in [3.63, 3.8) is 0 Å². The zero-order valence-electron chi connectivity index (χ0n) is 16.0. The first-order chi connectivity index (χ1) is 13.8. The van der Waals surface area contributed by atoms with Crippen LogP contribution in [0.15, 0.2) is 23.3 Å². The van der Waals surface area contributed by atoms with Crippen LogP contribution in [0, 0.1) is 5.82 Å². The zero-order valence-corrected chi connectivity index (χ0v) is 16.0. The van der Waals surface area contributed by atoms with Crippen LogP contribution in [0.3, 0.4) is 0 Å². The van der Waals surface area contributed by atoms with Gasteiger partial charge in [0.1, 0.15) is 17.6 Å². The number of cyclic esters (lactones) is 1. The summed E-state index contributed by atoms with van der Waals surface area (Å²) >= 11 is 0. The Labute approximate surface area is 166 Å². The van der Waals surface area contributed by atoms with Crippen LogP contribution in [0.4, 0.5) is 25.0 Å². The van der Waals surface area contributed by atoms with Gasteiger partial charge in [-0.25, -0.2) is 13.6 Å². The van der Waals surface area contributed by atoms with Gasteiger partial charge in [-0.2, -0.15) is 0 Å². The highest BCUT2D eigenvalue weighted by Gasteiger charge is 2.35. The van der Waals surface area contributed by atoms with Crippen molar-refractivity contribution in [1.29, 1.82) is 0 Å². The highest BCUT2D eigenvalue weighted by Crippen LogP contribution is 2.33. The molecule has 3 rings (SSSR count). The van der Waals surface area contributed by atoms with E-state index in [1.165, 1.54) is 17.9 Å². The normalized spacial score (nSPS) is 20.8. The molecule has 1 atom stereocenters. The smallest absolute Gasteiger partial charge is 0.414 e. The summed E-state index contributed by atoms with van der Waals surface area (Å²) in [6, 6.07) is 4.41. The summed E-state index contributed by atoms with van der Waals surface area (Å²) in [5, 5.41) is 5.90. The summed E-state index contributed by atoms with van der Waals surface area (Å²) in [6.07, 6.45) is -0.844. The van der Waals surface area contributed by atoms with E-state index in [-0.39, 0.29) is 51.5 Å². The highest BCUT2D eigenvalue weighted by atomic mass is 19.1. The quantitative estimate of drug-likeness (QED) is 0.443. The molecule has 1 aromatic rings. The summed E-state index contributed by atoms with van der Waals surface area (Å²) in [4.78, 5) is 28.7. The Kier molecular flexibility index (Phi) is 6.07. The third kappa shape index (κ3) is 4.86. The van der Waals surface area contributed by atoms with Gasteiger partial charge in [-0.1, -0.05) is 5.11 Å². The summed E-state index contributed by atoms with van der Waals surface area (Å²) < 4.78 is 34.4. The molecule has 2 aliphatic heterocycles. The van der Waals surface area contributed by atoms with Gasteiger partial charge in [0.25, 0.3) is 0 Å². The van der Waals surface area contributed by atoms with Crippen molar-refractivity contribution in [3.8, 4) is 0 Å². The van der Waals surface area contributed by atoms with E-state index >= 15 is 0 Å². The first-order valence-electron chi connectivity index (χ1n) is 9.28. The van der Waals surface area contributed by atoms with Crippen molar-refractivity contribution in [2.45, 2.75) is 31.5 Å². The molecule has 0 aromatic heterocycles. The molecule has 156 valence electrons. The number of alkyl halides is 1. The number of carbonyl (C=O) groups is 2. The molecule has 0 bridgehead atoms. The lowest BCUT2D eigenvalue weighted by Crippen LogP contribution is -2.43. The molecule has 2 fully saturated rings. The molecule has 2 amide bonds. The van der Waals surface area contributed by atoms with E-state index in [9.17, 15) is 18.4 Å². The number of rotatable bonds is 6. The number of carbonyl (C=O) groups excluding carboxylic acids is 2. The standard InChI is InChI=1S/C18H22F2N6O3/c1-12(27)22-9-14-10-26(17(28)29-14)13-2-3-16(15(19)8-13)25-6-4-18(20,5-7-25)11-23-24-21/h2-3,8,14H,4-7,9-11H2,1H3,(H,22,27). The van der Waals surface area contributed by atoms with Crippen molar-refractivity contribution < 1.29 is 23.1 Å². The monoisotopic (exact) mass is 408 g/mol. The van der Waals surface area contributed by atoms with Crippen molar-refractivity contribution in [2.75, 3.05) is 42.5 Å². The van der Waals surface area contributed by atoms with Gasteiger partial charge in [0.15, 0.2) is 0 Å². The van der Waals surface area contributed by atoms with E-state index in [1.807, 2.05) is 0 Å². The molecule has 1 aromatic carbocycles. The van der Waals surface area contributed by atoms with Crippen LogP contribution >= 0.6 is 0 Å². The van der Waals surface area contributed by atoms with Gasteiger partial charge in [-0.3, -0.25) is 9.69 Å². The van der Waals surface area contributed by atoms with Crippen LogP contribution in [-0.2, 0) is 9.53 Å². The first-order valence-corrected chi connectivity index (χ1v) is 9.28. The summed E-state index contributed by atoms with van der Waals surface area (Å²) in [7, 11) is 0. The van der Waals surface area contributed by atoms with E-state index in [1.54, 1.807) is 17.0 Å². The highest BCUT2D eigenvalue weighted by molar-refractivity contribution is 5.90. The molecule has 0 radical (unpaired) electrons. The van der Waals surface area contributed by atoms with Gasteiger partial charge in [0.05, 0.1) is 31.0 Å². The van der Waals surface area contributed by atoms with Gasteiger partial charge in [-0.05, 0) is 36.6 Å². The average Bonchev–Trinajstić information content (AvgIpc) is 3.06. The fourth-order valence-corrected chi connectivity index (χ4v) is 3.48. The number of anilines is 2. The maximum atomic E-state index is 14.7. The minimum Gasteiger partial charge on any atom is -0.442 e. The molecule has 0 aliphatic carbocycles. The van der Waals surface area contributed by atoms with E-state index < -0.39 is 23.7 Å². The number of hydrogen-bond donors (Lipinski definition) is 1. The van der Waals surface area contributed by atoms with E-state index in [0.717, 1.165) is 0 Å². The Hall–Kier alpha value is -3.07. The van der Waals surface area contributed by atoms with Crippen LogP contribution in [0.25, 0.3) is 10.4 Å².